The first-order valence-electron chi connectivity index (χ1n) is 12.5. The van der Waals surface area contributed by atoms with Gasteiger partial charge in [0, 0.05) is 41.4 Å². The molecule has 3 heterocycles. The number of pyridine rings is 1. The standard InChI is InChI=1S/C27H35N7O2S/c1-16-23(27(3,4)5)37-26(30-16)33-22(35)15-20(8-7-12-28-6)32-25-21-14-19(24-31-17(2)36-34-24)10-9-18(21)11-13-29-25/h9-11,13-14,20,28H,7-8,12,15H2,1-6H3,(H,29,32)(H,30,33,35)/t20-/m0/s1. The van der Waals surface area contributed by atoms with Gasteiger partial charge in [-0.15, -0.1) is 11.3 Å². The van der Waals surface area contributed by atoms with Crippen LogP contribution in [-0.4, -0.2) is 45.7 Å². The molecule has 4 rings (SSSR count). The van der Waals surface area contributed by atoms with Gasteiger partial charge in [-0.2, -0.15) is 4.98 Å². The molecule has 1 atom stereocenters. The number of aryl methyl sites for hydroxylation is 2. The van der Waals surface area contributed by atoms with E-state index >= 15 is 0 Å². The Morgan fingerprint density at radius 1 is 1.16 bits per heavy atom. The number of amides is 1. The molecular formula is C27H35N7O2S. The molecule has 0 aliphatic heterocycles. The van der Waals surface area contributed by atoms with Crippen LogP contribution in [0.3, 0.4) is 0 Å². The molecule has 9 nitrogen and oxygen atoms in total. The van der Waals surface area contributed by atoms with Crippen molar-refractivity contribution in [3.8, 4) is 11.4 Å². The number of hydrogen-bond acceptors (Lipinski definition) is 9. The van der Waals surface area contributed by atoms with Crippen LogP contribution in [0.5, 0.6) is 0 Å². The highest BCUT2D eigenvalue weighted by atomic mass is 32.1. The highest BCUT2D eigenvalue weighted by molar-refractivity contribution is 7.16. The van der Waals surface area contributed by atoms with Crippen LogP contribution in [0.4, 0.5) is 10.9 Å². The van der Waals surface area contributed by atoms with Crippen LogP contribution in [0, 0.1) is 13.8 Å². The van der Waals surface area contributed by atoms with Crippen LogP contribution in [0.1, 0.15) is 56.5 Å². The molecule has 1 amide bonds. The average molecular weight is 522 g/mol. The summed E-state index contributed by atoms with van der Waals surface area (Å²) in [5, 5.41) is 16.4. The SMILES string of the molecule is CNCCC[C@@H](CC(=O)Nc1nc(C)c(C(C)(C)C)s1)Nc1nccc2ccc(-c3noc(C)n3)cc12. The van der Waals surface area contributed by atoms with Gasteiger partial charge in [0.1, 0.15) is 5.82 Å². The first-order valence-corrected chi connectivity index (χ1v) is 13.3. The molecule has 4 aromatic rings. The molecule has 0 aliphatic carbocycles. The molecule has 3 N–H and O–H groups in total. The van der Waals surface area contributed by atoms with Gasteiger partial charge in [-0.3, -0.25) is 4.79 Å². The van der Waals surface area contributed by atoms with Gasteiger partial charge < -0.3 is 20.5 Å². The second-order valence-corrected chi connectivity index (χ2v) is 11.3. The van der Waals surface area contributed by atoms with E-state index in [2.05, 4.69) is 56.8 Å². The maximum atomic E-state index is 13.1. The lowest BCUT2D eigenvalue weighted by Crippen LogP contribution is -2.28. The number of nitrogens with zero attached hydrogens (tertiary/aromatic N) is 4. The normalized spacial score (nSPS) is 12.6. The van der Waals surface area contributed by atoms with Crippen LogP contribution in [-0.2, 0) is 10.2 Å². The third-order valence-corrected chi connectivity index (χ3v) is 7.53. The van der Waals surface area contributed by atoms with Crippen LogP contribution in [0.2, 0.25) is 0 Å². The van der Waals surface area contributed by atoms with Gasteiger partial charge in [0.25, 0.3) is 0 Å². The summed E-state index contributed by atoms with van der Waals surface area (Å²) in [4.78, 5) is 27.8. The summed E-state index contributed by atoms with van der Waals surface area (Å²) in [7, 11) is 1.93. The topological polar surface area (TPSA) is 118 Å². The van der Waals surface area contributed by atoms with Crippen molar-refractivity contribution >= 4 is 39.0 Å². The van der Waals surface area contributed by atoms with Crippen molar-refractivity contribution in [2.45, 2.75) is 65.3 Å². The van der Waals surface area contributed by atoms with Gasteiger partial charge in [-0.1, -0.05) is 38.1 Å². The van der Waals surface area contributed by atoms with E-state index in [0.717, 1.165) is 47.2 Å². The van der Waals surface area contributed by atoms with Gasteiger partial charge in [0.2, 0.25) is 17.6 Å². The van der Waals surface area contributed by atoms with Crippen molar-refractivity contribution in [3.63, 3.8) is 0 Å². The number of hydrogen-bond donors (Lipinski definition) is 3. The Labute approximate surface area is 221 Å². The lowest BCUT2D eigenvalue weighted by atomic mass is 9.94. The van der Waals surface area contributed by atoms with Crippen LogP contribution in [0.15, 0.2) is 35.0 Å². The summed E-state index contributed by atoms with van der Waals surface area (Å²) in [6.07, 6.45) is 3.80. The fourth-order valence-electron chi connectivity index (χ4n) is 4.32. The van der Waals surface area contributed by atoms with E-state index in [1.807, 2.05) is 38.2 Å². The minimum absolute atomic E-state index is 0.0128. The number of carbonyl (C=O) groups excluding carboxylic acids is 1. The molecule has 0 bridgehead atoms. The zero-order valence-corrected chi connectivity index (χ0v) is 23.1. The lowest BCUT2D eigenvalue weighted by molar-refractivity contribution is -0.116. The molecule has 0 radical (unpaired) electrons. The van der Waals surface area contributed by atoms with Gasteiger partial charge in [0.15, 0.2) is 5.13 Å². The Hall–Kier alpha value is -3.37. The first-order chi connectivity index (χ1) is 17.6. The summed E-state index contributed by atoms with van der Waals surface area (Å²) in [6.45, 7) is 11.1. The summed E-state index contributed by atoms with van der Waals surface area (Å²) in [5.74, 6) is 1.70. The molecule has 10 heteroatoms. The fraction of sp³-hybridized carbons (Fsp3) is 0.444. The maximum Gasteiger partial charge on any atom is 0.228 e. The van der Waals surface area contributed by atoms with E-state index in [-0.39, 0.29) is 17.4 Å². The highest BCUT2D eigenvalue weighted by Crippen LogP contribution is 2.34. The largest absolute Gasteiger partial charge is 0.366 e. The minimum atomic E-state index is -0.106. The number of benzene rings is 1. The Morgan fingerprint density at radius 3 is 2.65 bits per heavy atom. The predicted octanol–water partition coefficient (Wildman–Crippen LogP) is 5.46. The average Bonchev–Trinajstić information content (AvgIpc) is 3.44. The number of fused-ring (bicyclic) bond motifs is 1. The summed E-state index contributed by atoms with van der Waals surface area (Å²) < 4.78 is 5.15. The minimum Gasteiger partial charge on any atom is -0.366 e. The Morgan fingerprint density at radius 2 is 1.97 bits per heavy atom. The molecule has 0 saturated heterocycles. The van der Waals surface area contributed by atoms with E-state index < -0.39 is 0 Å². The zero-order chi connectivity index (χ0) is 26.6. The molecule has 0 aliphatic rings. The van der Waals surface area contributed by atoms with Crippen molar-refractivity contribution < 1.29 is 9.32 Å². The zero-order valence-electron chi connectivity index (χ0n) is 22.3. The van der Waals surface area contributed by atoms with E-state index in [9.17, 15) is 4.79 Å². The van der Waals surface area contributed by atoms with Gasteiger partial charge in [-0.05, 0) is 56.3 Å². The van der Waals surface area contributed by atoms with Crippen molar-refractivity contribution in [3.05, 3.63) is 46.9 Å². The number of carbonyl (C=O) groups is 1. The number of nitrogens with one attached hydrogen (secondary N) is 3. The van der Waals surface area contributed by atoms with E-state index in [4.69, 9.17) is 4.52 Å². The lowest BCUT2D eigenvalue weighted by Gasteiger charge is -2.20. The van der Waals surface area contributed by atoms with Crippen molar-refractivity contribution in [2.75, 3.05) is 24.2 Å². The molecular weight excluding hydrogens is 486 g/mol. The fourth-order valence-corrected chi connectivity index (χ4v) is 5.36. The second kappa shape index (κ2) is 11.4. The number of anilines is 2. The first kappa shape index (κ1) is 26.7. The maximum absolute atomic E-state index is 13.1. The van der Waals surface area contributed by atoms with E-state index in [0.29, 0.717) is 23.3 Å². The Kier molecular flexibility index (Phi) is 8.19. The van der Waals surface area contributed by atoms with Crippen LogP contribution >= 0.6 is 11.3 Å². The predicted molar refractivity (Wildman–Crippen MR) is 149 cm³/mol. The molecule has 0 unspecified atom stereocenters. The van der Waals surface area contributed by atoms with Crippen LogP contribution in [0.25, 0.3) is 22.2 Å². The third-order valence-electron chi connectivity index (χ3n) is 6.03. The monoisotopic (exact) mass is 521 g/mol. The number of aromatic nitrogens is 4. The summed E-state index contributed by atoms with van der Waals surface area (Å²) >= 11 is 1.55. The molecule has 1 aromatic carbocycles. The smallest absolute Gasteiger partial charge is 0.228 e. The Bertz CT molecular complexity index is 1370. The van der Waals surface area contributed by atoms with Crippen molar-refractivity contribution in [1.82, 2.24) is 25.4 Å². The highest BCUT2D eigenvalue weighted by Gasteiger charge is 2.22. The number of thiazole rings is 1. The van der Waals surface area contributed by atoms with Crippen LogP contribution < -0.4 is 16.0 Å². The van der Waals surface area contributed by atoms with E-state index in [1.165, 1.54) is 4.88 Å². The van der Waals surface area contributed by atoms with Gasteiger partial charge >= 0.3 is 0 Å². The molecule has 196 valence electrons. The van der Waals surface area contributed by atoms with E-state index in [1.54, 1.807) is 24.5 Å². The molecule has 0 fully saturated rings. The quantitative estimate of drug-likeness (QED) is 0.235. The summed E-state index contributed by atoms with van der Waals surface area (Å²) in [6, 6.07) is 7.85. The van der Waals surface area contributed by atoms with Crippen molar-refractivity contribution in [2.24, 2.45) is 0 Å². The third kappa shape index (κ3) is 6.69. The second-order valence-electron chi connectivity index (χ2n) is 10.3. The molecule has 0 spiro atoms. The van der Waals surface area contributed by atoms with Gasteiger partial charge in [0.05, 0.1) is 5.69 Å². The summed E-state index contributed by atoms with van der Waals surface area (Å²) in [5.41, 5.74) is 1.80. The molecule has 37 heavy (non-hydrogen) atoms. The molecule has 3 aromatic heterocycles. The molecule has 0 saturated carbocycles. The van der Waals surface area contributed by atoms with Crippen molar-refractivity contribution in [1.29, 1.82) is 0 Å². The Balaban J connectivity index is 1.54. The number of rotatable bonds is 10. The van der Waals surface area contributed by atoms with Gasteiger partial charge in [-0.25, -0.2) is 9.97 Å².